The highest BCUT2D eigenvalue weighted by atomic mass is 16.5. The van der Waals surface area contributed by atoms with Gasteiger partial charge in [0.15, 0.2) is 16.9 Å². The molecule has 0 aliphatic heterocycles. The molecule has 9 nitrogen and oxygen atoms in total. The summed E-state index contributed by atoms with van der Waals surface area (Å²) in [5.74, 6) is -3.72. The number of hydrogen-bond acceptors (Lipinski definition) is 8. The van der Waals surface area contributed by atoms with Crippen LogP contribution in [-0.2, 0) is 16.6 Å². The number of phenolic OH excluding ortho intramolecular Hbond substituents is 3. The van der Waals surface area contributed by atoms with E-state index in [4.69, 9.17) is 9.15 Å². The van der Waals surface area contributed by atoms with Crippen LogP contribution in [0.1, 0.15) is 23.6 Å². The van der Waals surface area contributed by atoms with Gasteiger partial charge in [-0.1, -0.05) is 30.3 Å². The number of benzene rings is 2. The number of nitrogens with zero attached hydrogens (tertiary/aromatic N) is 2. The number of phenols is 3. The zero-order valence-corrected chi connectivity index (χ0v) is 17.3. The number of methoxy groups -OCH3 is 1. The number of rotatable bonds is 5. The number of hydrogen-bond donors (Lipinski definition) is 3. The van der Waals surface area contributed by atoms with Crippen molar-refractivity contribution < 1.29 is 29.3 Å². The summed E-state index contributed by atoms with van der Waals surface area (Å²) in [4.78, 5) is 25.2. The highest BCUT2D eigenvalue weighted by Gasteiger charge is 2.32. The molecule has 4 rings (SSSR count). The van der Waals surface area contributed by atoms with Crippen molar-refractivity contribution in [3.05, 3.63) is 70.1 Å². The maximum atomic E-state index is 12.9. The molecule has 2 aromatic heterocycles. The summed E-state index contributed by atoms with van der Waals surface area (Å²) in [6, 6.07) is 11.6. The fraction of sp³-hybridized carbons (Fsp3) is 0.174. The van der Waals surface area contributed by atoms with Crippen LogP contribution < -0.4 is 5.43 Å². The predicted molar refractivity (Wildman–Crippen MR) is 115 cm³/mol. The second kappa shape index (κ2) is 8.10. The molecule has 0 aliphatic rings. The summed E-state index contributed by atoms with van der Waals surface area (Å²) in [7, 11) is 2.87. The van der Waals surface area contributed by atoms with Crippen molar-refractivity contribution in [1.29, 1.82) is 0 Å². The summed E-state index contributed by atoms with van der Waals surface area (Å²) in [6.07, 6.45) is 1.26. The fourth-order valence-corrected chi connectivity index (χ4v) is 3.77. The molecule has 9 heteroatoms. The van der Waals surface area contributed by atoms with Crippen molar-refractivity contribution >= 4 is 16.9 Å². The second-order valence-electron chi connectivity index (χ2n) is 7.22. The van der Waals surface area contributed by atoms with Crippen LogP contribution in [0.3, 0.4) is 0 Å². The Hall–Kier alpha value is -4.27. The number of aromatic nitrogens is 2. The lowest BCUT2D eigenvalue weighted by atomic mass is 9.89. The van der Waals surface area contributed by atoms with Crippen LogP contribution in [0.4, 0.5) is 0 Å². The summed E-state index contributed by atoms with van der Waals surface area (Å²) >= 11 is 0. The Labute approximate surface area is 181 Å². The van der Waals surface area contributed by atoms with E-state index in [-0.39, 0.29) is 28.7 Å². The van der Waals surface area contributed by atoms with Crippen LogP contribution in [-0.4, -0.2) is 38.2 Å². The van der Waals surface area contributed by atoms with Gasteiger partial charge in [0, 0.05) is 36.5 Å². The van der Waals surface area contributed by atoms with Crippen LogP contribution in [0.15, 0.2) is 57.9 Å². The molecule has 0 saturated heterocycles. The van der Waals surface area contributed by atoms with E-state index >= 15 is 0 Å². The van der Waals surface area contributed by atoms with Crippen LogP contribution >= 0.6 is 0 Å². The Morgan fingerprint density at radius 2 is 1.84 bits per heavy atom. The summed E-state index contributed by atoms with van der Waals surface area (Å²) < 4.78 is 12.3. The minimum Gasteiger partial charge on any atom is -0.504 e. The smallest absolute Gasteiger partial charge is 0.306 e. The van der Waals surface area contributed by atoms with Crippen LogP contribution in [0.25, 0.3) is 22.3 Å². The monoisotopic (exact) mass is 436 g/mol. The SMILES string of the molecule is COC(=O)C[C@@H](c1c(O)c(O)c(O)c2c(=O)cc(-c3ccccc3)oc12)c1ccnn1C. The van der Waals surface area contributed by atoms with Gasteiger partial charge in [-0.3, -0.25) is 14.3 Å². The van der Waals surface area contributed by atoms with Crippen LogP contribution in [0, 0.1) is 0 Å². The summed E-state index contributed by atoms with van der Waals surface area (Å²) in [5.41, 5.74) is 0.263. The van der Waals surface area contributed by atoms with Gasteiger partial charge in [0.05, 0.1) is 19.1 Å². The van der Waals surface area contributed by atoms with E-state index in [1.54, 1.807) is 43.4 Å². The number of fused-ring (bicyclic) bond motifs is 1. The van der Waals surface area contributed by atoms with Gasteiger partial charge in [0.1, 0.15) is 16.7 Å². The molecule has 0 aliphatic carbocycles. The van der Waals surface area contributed by atoms with Crippen molar-refractivity contribution in [3.63, 3.8) is 0 Å². The Morgan fingerprint density at radius 1 is 1.12 bits per heavy atom. The van der Waals surface area contributed by atoms with Gasteiger partial charge in [0.2, 0.25) is 5.75 Å². The number of esters is 1. The van der Waals surface area contributed by atoms with E-state index in [0.29, 0.717) is 11.3 Å². The molecule has 3 N–H and O–H groups in total. The molecule has 2 aromatic carbocycles. The summed E-state index contributed by atoms with van der Waals surface area (Å²) in [5, 5.41) is 35.4. The molecule has 0 amide bonds. The standard InChI is InChI=1S/C23H20N2O7/c1-25-14(8-9-24-25)13(10-17(27)31-2)18-20(28)22(30)21(29)19-15(26)11-16(32-23(18)19)12-6-4-3-5-7-12/h3-9,11,13,28-30H,10H2,1-2H3/t13-/m1/s1. The van der Waals surface area contributed by atoms with Crippen molar-refractivity contribution in [2.45, 2.75) is 12.3 Å². The third-order valence-corrected chi connectivity index (χ3v) is 5.35. The average molecular weight is 436 g/mol. The zero-order chi connectivity index (χ0) is 23.0. The number of aromatic hydroxyl groups is 3. The highest BCUT2D eigenvalue weighted by Crippen LogP contribution is 2.49. The van der Waals surface area contributed by atoms with Crippen LogP contribution in [0.2, 0.25) is 0 Å². The van der Waals surface area contributed by atoms with Gasteiger partial charge < -0.3 is 24.5 Å². The first-order valence-electron chi connectivity index (χ1n) is 9.68. The van der Waals surface area contributed by atoms with E-state index in [1.807, 2.05) is 0 Å². The molecular weight excluding hydrogens is 416 g/mol. The van der Waals surface area contributed by atoms with Crippen molar-refractivity contribution in [1.82, 2.24) is 9.78 Å². The largest absolute Gasteiger partial charge is 0.504 e. The molecule has 0 saturated carbocycles. The number of carbonyl (C=O) groups is 1. The summed E-state index contributed by atoms with van der Waals surface area (Å²) in [6.45, 7) is 0. The zero-order valence-electron chi connectivity index (χ0n) is 17.3. The molecule has 4 aromatic rings. The van der Waals surface area contributed by atoms with E-state index in [1.165, 1.54) is 24.1 Å². The molecule has 32 heavy (non-hydrogen) atoms. The molecule has 0 radical (unpaired) electrons. The normalized spacial score (nSPS) is 12.1. The number of ether oxygens (including phenoxy) is 1. The number of carbonyl (C=O) groups excluding carboxylic acids is 1. The quantitative estimate of drug-likeness (QED) is 0.321. The van der Waals surface area contributed by atoms with Crippen molar-refractivity contribution in [2.24, 2.45) is 7.05 Å². The minimum absolute atomic E-state index is 0.0424. The van der Waals surface area contributed by atoms with Gasteiger partial charge in [-0.15, -0.1) is 0 Å². The first-order valence-corrected chi connectivity index (χ1v) is 9.68. The van der Waals surface area contributed by atoms with E-state index in [9.17, 15) is 24.9 Å². The topological polar surface area (TPSA) is 135 Å². The Morgan fingerprint density at radius 3 is 2.47 bits per heavy atom. The molecule has 0 bridgehead atoms. The Bertz CT molecular complexity index is 1370. The minimum atomic E-state index is -0.905. The lowest BCUT2D eigenvalue weighted by Crippen LogP contribution is -2.15. The highest BCUT2D eigenvalue weighted by molar-refractivity contribution is 5.93. The number of aryl methyl sites for hydroxylation is 1. The van der Waals surface area contributed by atoms with E-state index < -0.39 is 34.6 Å². The lowest BCUT2D eigenvalue weighted by molar-refractivity contribution is -0.140. The van der Waals surface area contributed by atoms with Gasteiger partial charge in [-0.2, -0.15) is 5.10 Å². The molecule has 2 heterocycles. The first-order chi connectivity index (χ1) is 15.3. The molecule has 164 valence electrons. The molecule has 1 atom stereocenters. The van der Waals surface area contributed by atoms with Gasteiger partial charge >= 0.3 is 5.97 Å². The predicted octanol–water partition coefficient (Wildman–Crippen LogP) is 3.01. The molecule has 0 fully saturated rings. The van der Waals surface area contributed by atoms with Gasteiger partial charge in [-0.25, -0.2) is 0 Å². The van der Waals surface area contributed by atoms with Gasteiger partial charge in [0.25, 0.3) is 0 Å². The molecule has 0 unspecified atom stereocenters. The van der Waals surface area contributed by atoms with E-state index in [2.05, 4.69) is 5.10 Å². The molecular formula is C23H20N2O7. The average Bonchev–Trinajstić information content (AvgIpc) is 3.22. The lowest BCUT2D eigenvalue weighted by Gasteiger charge is -2.20. The third kappa shape index (κ3) is 3.43. The fourth-order valence-electron chi connectivity index (χ4n) is 3.77. The third-order valence-electron chi connectivity index (χ3n) is 5.35. The Kier molecular flexibility index (Phi) is 5.31. The van der Waals surface area contributed by atoms with Gasteiger partial charge in [-0.05, 0) is 6.07 Å². The Balaban J connectivity index is 2.10. The second-order valence-corrected chi connectivity index (χ2v) is 7.22. The maximum Gasteiger partial charge on any atom is 0.306 e. The van der Waals surface area contributed by atoms with Crippen molar-refractivity contribution in [3.8, 4) is 28.6 Å². The maximum absolute atomic E-state index is 12.9. The van der Waals surface area contributed by atoms with E-state index in [0.717, 1.165) is 0 Å². The van der Waals surface area contributed by atoms with Crippen LogP contribution in [0.5, 0.6) is 17.2 Å². The first kappa shape index (κ1) is 21.0. The molecule has 0 spiro atoms. The van der Waals surface area contributed by atoms with Crippen molar-refractivity contribution in [2.75, 3.05) is 7.11 Å².